The van der Waals surface area contributed by atoms with Gasteiger partial charge in [0, 0.05) is 25.6 Å². The van der Waals surface area contributed by atoms with Gasteiger partial charge in [-0.15, -0.1) is 0 Å². The lowest BCUT2D eigenvalue weighted by Crippen LogP contribution is -2.48. The van der Waals surface area contributed by atoms with Gasteiger partial charge in [0.15, 0.2) is 0 Å². The van der Waals surface area contributed by atoms with E-state index in [-0.39, 0.29) is 23.9 Å². The topological polar surface area (TPSA) is 70.2 Å². The van der Waals surface area contributed by atoms with Crippen LogP contribution in [0.4, 0.5) is 0 Å². The minimum atomic E-state index is -0.215. The van der Waals surface area contributed by atoms with Crippen LogP contribution >= 0.6 is 0 Å². The van der Waals surface area contributed by atoms with E-state index < -0.39 is 0 Å². The molecular formula is C17H25N3O2. The summed E-state index contributed by atoms with van der Waals surface area (Å²) in [6.45, 7) is 5.09. The average molecular weight is 303 g/mol. The van der Waals surface area contributed by atoms with Crippen LogP contribution in [0.15, 0.2) is 24.3 Å². The van der Waals surface area contributed by atoms with Crippen molar-refractivity contribution in [3.05, 3.63) is 35.4 Å². The molecule has 0 saturated carbocycles. The number of hydrogen-bond acceptors (Lipinski definition) is 3. The Kier molecular flexibility index (Phi) is 5.95. The monoisotopic (exact) mass is 303 g/mol. The number of benzene rings is 1. The minimum Gasteiger partial charge on any atom is -0.354 e. The van der Waals surface area contributed by atoms with E-state index in [1.807, 2.05) is 26.0 Å². The molecule has 0 aromatic heterocycles. The molecule has 2 atom stereocenters. The second-order valence-corrected chi connectivity index (χ2v) is 5.82. The molecule has 120 valence electrons. The lowest BCUT2D eigenvalue weighted by molar-refractivity contribution is -0.124. The van der Waals surface area contributed by atoms with Gasteiger partial charge in [0.25, 0.3) is 0 Å². The number of amides is 2. The molecule has 0 bridgehead atoms. The zero-order chi connectivity index (χ0) is 15.9. The first-order valence-electron chi connectivity index (χ1n) is 7.97. The van der Waals surface area contributed by atoms with Crippen molar-refractivity contribution in [2.24, 2.45) is 0 Å². The van der Waals surface area contributed by atoms with Crippen LogP contribution in [0.2, 0.25) is 0 Å². The second-order valence-electron chi connectivity index (χ2n) is 5.82. The van der Waals surface area contributed by atoms with E-state index >= 15 is 0 Å². The van der Waals surface area contributed by atoms with Crippen LogP contribution in [-0.2, 0) is 22.6 Å². The van der Waals surface area contributed by atoms with Gasteiger partial charge in [0.05, 0.1) is 6.04 Å². The fourth-order valence-electron chi connectivity index (χ4n) is 2.51. The van der Waals surface area contributed by atoms with E-state index in [1.54, 1.807) is 0 Å². The Balaban J connectivity index is 1.74. The minimum absolute atomic E-state index is 0.0170. The van der Waals surface area contributed by atoms with Crippen molar-refractivity contribution in [1.29, 1.82) is 0 Å². The molecule has 1 aromatic carbocycles. The Labute approximate surface area is 131 Å². The molecule has 0 aliphatic carbocycles. The van der Waals surface area contributed by atoms with Crippen molar-refractivity contribution in [3.8, 4) is 0 Å². The summed E-state index contributed by atoms with van der Waals surface area (Å²) in [6, 6.07) is 8.12. The predicted molar refractivity (Wildman–Crippen MR) is 86.3 cm³/mol. The predicted octanol–water partition coefficient (Wildman–Crippen LogP) is 1.12. The van der Waals surface area contributed by atoms with Crippen LogP contribution in [0.3, 0.4) is 0 Å². The maximum absolute atomic E-state index is 12.2. The molecule has 0 radical (unpaired) electrons. The third-order valence-corrected chi connectivity index (χ3v) is 4.07. The molecule has 1 aromatic rings. The van der Waals surface area contributed by atoms with E-state index in [1.165, 1.54) is 11.1 Å². The van der Waals surface area contributed by atoms with Gasteiger partial charge < -0.3 is 16.0 Å². The fraction of sp³-hybridized carbons (Fsp3) is 0.529. The Morgan fingerprint density at radius 3 is 2.77 bits per heavy atom. The lowest BCUT2D eigenvalue weighted by atomic mass is 9.95. The Hall–Kier alpha value is -1.88. The van der Waals surface area contributed by atoms with E-state index in [9.17, 15) is 9.59 Å². The highest BCUT2D eigenvalue weighted by atomic mass is 16.2. The van der Waals surface area contributed by atoms with E-state index in [2.05, 4.69) is 28.1 Å². The number of carbonyl (C=O) groups excluding carboxylic acids is 2. The quantitative estimate of drug-likeness (QED) is 0.737. The SMILES string of the molecule is CCC(C)NC(=O)CCNC(=O)C1Cc2ccccc2CN1. The van der Waals surface area contributed by atoms with Crippen molar-refractivity contribution in [2.75, 3.05) is 6.54 Å². The first-order chi connectivity index (χ1) is 10.6. The summed E-state index contributed by atoms with van der Waals surface area (Å²) in [5.41, 5.74) is 2.47. The van der Waals surface area contributed by atoms with Crippen molar-refractivity contribution < 1.29 is 9.59 Å². The fourth-order valence-corrected chi connectivity index (χ4v) is 2.51. The summed E-state index contributed by atoms with van der Waals surface area (Å²) in [5, 5.41) is 8.98. The van der Waals surface area contributed by atoms with Gasteiger partial charge in [-0.2, -0.15) is 0 Å². The first-order valence-corrected chi connectivity index (χ1v) is 7.97. The van der Waals surface area contributed by atoms with E-state index in [0.29, 0.717) is 25.9 Å². The highest BCUT2D eigenvalue weighted by Gasteiger charge is 2.23. The summed E-state index contributed by atoms with van der Waals surface area (Å²) < 4.78 is 0. The summed E-state index contributed by atoms with van der Waals surface area (Å²) in [5.74, 6) is -0.0533. The molecule has 1 aliphatic heterocycles. The smallest absolute Gasteiger partial charge is 0.237 e. The largest absolute Gasteiger partial charge is 0.354 e. The van der Waals surface area contributed by atoms with Gasteiger partial charge in [0.2, 0.25) is 11.8 Å². The third-order valence-electron chi connectivity index (χ3n) is 4.07. The summed E-state index contributed by atoms with van der Waals surface area (Å²) in [4.78, 5) is 23.8. The van der Waals surface area contributed by atoms with Crippen molar-refractivity contribution >= 4 is 11.8 Å². The van der Waals surface area contributed by atoms with Crippen LogP contribution < -0.4 is 16.0 Å². The number of rotatable bonds is 6. The third kappa shape index (κ3) is 4.56. The normalized spacial score (nSPS) is 18.2. The van der Waals surface area contributed by atoms with Crippen LogP contribution in [0.5, 0.6) is 0 Å². The van der Waals surface area contributed by atoms with Crippen molar-refractivity contribution in [3.63, 3.8) is 0 Å². The van der Waals surface area contributed by atoms with Crippen LogP contribution in [-0.4, -0.2) is 30.4 Å². The molecule has 0 fully saturated rings. The Morgan fingerprint density at radius 1 is 1.32 bits per heavy atom. The van der Waals surface area contributed by atoms with Gasteiger partial charge in [-0.25, -0.2) is 0 Å². The van der Waals surface area contributed by atoms with E-state index in [4.69, 9.17) is 0 Å². The number of nitrogens with one attached hydrogen (secondary N) is 3. The number of carbonyl (C=O) groups is 2. The Bertz CT molecular complexity index is 530. The van der Waals surface area contributed by atoms with Crippen molar-refractivity contribution in [2.45, 2.75) is 51.7 Å². The van der Waals surface area contributed by atoms with Crippen molar-refractivity contribution in [1.82, 2.24) is 16.0 Å². The molecule has 1 aliphatic rings. The highest BCUT2D eigenvalue weighted by molar-refractivity contribution is 5.83. The average Bonchev–Trinajstić information content (AvgIpc) is 2.54. The molecule has 5 heteroatoms. The molecule has 0 saturated heterocycles. The Morgan fingerprint density at radius 2 is 2.05 bits per heavy atom. The molecule has 5 nitrogen and oxygen atoms in total. The molecular weight excluding hydrogens is 278 g/mol. The molecule has 2 amide bonds. The second kappa shape index (κ2) is 7.94. The summed E-state index contributed by atoms with van der Waals surface area (Å²) in [7, 11) is 0. The first kappa shape index (κ1) is 16.5. The molecule has 2 rings (SSSR count). The maximum atomic E-state index is 12.2. The van der Waals surface area contributed by atoms with Gasteiger partial charge in [-0.3, -0.25) is 9.59 Å². The van der Waals surface area contributed by atoms with Crippen LogP contribution in [0.25, 0.3) is 0 Å². The highest BCUT2D eigenvalue weighted by Crippen LogP contribution is 2.16. The molecule has 22 heavy (non-hydrogen) atoms. The van der Waals surface area contributed by atoms with Crippen LogP contribution in [0.1, 0.15) is 37.8 Å². The van der Waals surface area contributed by atoms with Crippen LogP contribution in [0, 0.1) is 0 Å². The number of fused-ring (bicyclic) bond motifs is 1. The van der Waals surface area contributed by atoms with Gasteiger partial charge in [-0.1, -0.05) is 31.2 Å². The van der Waals surface area contributed by atoms with E-state index in [0.717, 1.165) is 6.42 Å². The number of hydrogen-bond donors (Lipinski definition) is 3. The molecule has 0 spiro atoms. The summed E-state index contributed by atoms with van der Waals surface area (Å²) in [6.07, 6.45) is 1.92. The van der Waals surface area contributed by atoms with Gasteiger partial charge >= 0.3 is 0 Å². The summed E-state index contributed by atoms with van der Waals surface area (Å²) >= 11 is 0. The molecule has 2 unspecified atom stereocenters. The lowest BCUT2D eigenvalue weighted by Gasteiger charge is -2.25. The zero-order valence-corrected chi connectivity index (χ0v) is 13.3. The van der Waals surface area contributed by atoms with Gasteiger partial charge in [-0.05, 0) is 30.9 Å². The molecule has 3 N–H and O–H groups in total. The standard InChI is InChI=1S/C17H25N3O2/c1-3-12(2)20-16(21)8-9-18-17(22)15-10-13-6-4-5-7-14(13)11-19-15/h4-7,12,15,19H,3,8-11H2,1-2H3,(H,18,22)(H,20,21). The zero-order valence-electron chi connectivity index (χ0n) is 13.3. The molecule has 1 heterocycles. The van der Waals surface area contributed by atoms with Gasteiger partial charge in [0.1, 0.15) is 0 Å². The maximum Gasteiger partial charge on any atom is 0.237 e.